The van der Waals surface area contributed by atoms with Crippen LogP contribution in [0.25, 0.3) is 0 Å². The minimum atomic E-state index is -4.64. The van der Waals surface area contributed by atoms with Crippen LogP contribution in [0.1, 0.15) is 187 Å². The molecule has 0 aromatic carbocycles. The minimum absolute atomic E-state index is 0.0444. The molecule has 0 heterocycles. The Labute approximate surface area is 361 Å². The summed E-state index contributed by atoms with van der Waals surface area (Å²) in [6, 6.07) is 0. The third kappa shape index (κ3) is 43.8. The van der Waals surface area contributed by atoms with Gasteiger partial charge in [-0.1, -0.05) is 159 Å². The number of quaternary nitrogens is 1. The van der Waals surface area contributed by atoms with Crippen LogP contribution in [0.4, 0.5) is 0 Å². The first-order valence-electron chi connectivity index (χ1n) is 23.5. The van der Waals surface area contributed by atoms with Crippen molar-refractivity contribution < 1.29 is 47.2 Å². The highest BCUT2D eigenvalue weighted by atomic mass is 31.2. The summed E-state index contributed by atoms with van der Waals surface area (Å²) in [5.41, 5.74) is 0. The smallest absolute Gasteiger partial charge is 0.306 e. The van der Waals surface area contributed by atoms with Gasteiger partial charge in [0, 0.05) is 12.8 Å². The van der Waals surface area contributed by atoms with Crippen LogP contribution in [0.15, 0.2) is 48.6 Å². The van der Waals surface area contributed by atoms with E-state index in [0.717, 1.165) is 57.8 Å². The van der Waals surface area contributed by atoms with E-state index >= 15 is 0 Å². The van der Waals surface area contributed by atoms with Gasteiger partial charge in [0.2, 0.25) is 0 Å². The zero-order valence-electron chi connectivity index (χ0n) is 38.3. The van der Waals surface area contributed by atoms with Crippen molar-refractivity contribution in [3.05, 3.63) is 48.6 Å². The van der Waals surface area contributed by atoms with Crippen LogP contribution < -0.4 is 4.89 Å². The van der Waals surface area contributed by atoms with E-state index in [9.17, 15) is 24.2 Å². The van der Waals surface area contributed by atoms with Crippen LogP contribution in [0.5, 0.6) is 0 Å². The highest BCUT2D eigenvalue weighted by molar-refractivity contribution is 7.45. The predicted octanol–water partition coefficient (Wildman–Crippen LogP) is 11.8. The number of carbonyl (C=O) groups is 2. The number of nitrogens with zero attached hydrogens (tertiary/aromatic N) is 1. The first-order chi connectivity index (χ1) is 28.4. The van der Waals surface area contributed by atoms with E-state index in [1.54, 1.807) is 6.08 Å². The average molecular weight is 854 g/mol. The lowest BCUT2D eigenvalue weighted by molar-refractivity contribution is -0.870. The van der Waals surface area contributed by atoms with Crippen LogP contribution in [-0.4, -0.2) is 81.2 Å². The SMILES string of the molecule is CC/C=C/CC(O)/C=C/C=C/CCCCCCCC(=O)OC[C@H](COP(=O)([O-])OCC[N+](C)(C)C)OC(=O)CCCCCCCCCCC/C=C\CCCCCCCC. The Balaban J connectivity index is 4.37. The van der Waals surface area contributed by atoms with E-state index in [1.807, 2.05) is 45.4 Å². The summed E-state index contributed by atoms with van der Waals surface area (Å²) in [4.78, 5) is 37.6. The Morgan fingerprint density at radius 2 is 1.14 bits per heavy atom. The molecule has 344 valence electrons. The second-order valence-electron chi connectivity index (χ2n) is 16.9. The molecule has 1 N–H and O–H groups in total. The lowest BCUT2D eigenvalue weighted by Crippen LogP contribution is -2.37. The van der Waals surface area contributed by atoms with Crippen molar-refractivity contribution >= 4 is 19.8 Å². The molecule has 0 amide bonds. The molecule has 11 heteroatoms. The number of hydrogen-bond acceptors (Lipinski definition) is 9. The maximum atomic E-state index is 12.7. The third-order valence-corrected chi connectivity index (χ3v) is 10.9. The molecule has 0 spiro atoms. The van der Waals surface area contributed by atoms with Gasteiger partial charge in [-0.05, 0) is 64.2 Å². The van der Waals surface area contributed by atoms with Gasteiger partial charge < -0.3 is 33.0 Å². The normalized spacial score (nSPS) is 14.5. The molecule has 0 aliphatic heterocycles. The molecule has 0 aliphatic carbocycles. The van der Waals surface area contributed by atoms with Crippen molar-refractivity contribution in [1.29, 1.82) is 0 Å². The molecule has 0 saturated heterocycles. The maximum Gasteiger partial charge on any atom is 0.306 e. The number of aliphatic hydroxyl groups is 1. The first-order valence-corrected chi connectivity index (χ1v) is 24.9. The summed E-state index contributed by atoms with van der Waals surface area (Å²) in [5, 5.41) is 9.88. The van der Waals surface area contributed by atoms with Gasteiger partial charge in [-0.3, -0.25) is 14.2 Å². The summed E-state index contributed by atoms with van der Waals surface area (Å²) in [7, 11) is 1.12. The Kier molecular flexibility index (Phi) is 38.6. The van der Waals surface area contributed by atoms with Gasteiger partial charge in [0.05, 0.1) is 33.9 Å². The highest BCUT2D eigenvalue weighted by Gasteiger charge is 2.21. The van der Waals surface area contributed by atoms with Crippen LogP contribution >= 0.6 is 7.82 Å². The van der Waals surface area contributed by atoms with Gasteiger partial charge in [-0.15, -0.1) is 0 Å². The number of ether oxygens (including phenoxy) is 2. The van der Waals surface area contributed by atoms with Crippen molar-refractivity contribution in [2.24, 2.45) is 0 Å². The number of carbonyl (C=O) groups excluding carboxylic acids is 2. The summed E-state index contributed by atoms with van der Waals surface area (Å²) < 4.78 is 33.9. The Morgan fingerprint density at radius 3 is 1.68 bits per heavy atom. The number of aliphatic hydroxyl groups excluding tert-OH is 1. The molecule has 0 aromatic rings. The molecule has 0 radical (unpaired) electrons. The molecule has 0 fully saturated rings. The van der Waals surface area contributed by atoms with Gasteiger partial charge in [-0.25, -0.2) is 0 Å². The molecule has 10 nitrogen and oxygen atoms in total. The van der Waals surface area contributed by atoms with Crippen molar-refractivity contribution in [3.8, 4) is 0 Å². The number of likely N-dealkylation sites (N-methyl/N-ethyl adjacent to an activating group) is 1. The number of unbranched alkanes of at least 4 members (excludes halogenated alkanes) is 20. The lowest BCUT2D eigenvalue weighted by Gasteiger charge is -2.28. The molecule has 0 rings (SSSR count). The second-order valence-corrected chi connectivity index (χ2v) is 18.3. The van der Waals surface area contributed by atoms with Gasteiger partial charge in [0.25, 0.3) is 7.82 Å². The molecule has 2 unspecified atom stereocenters. The predicted molar refractivity (Wildman–Crippen MR) is 242 cm³/mol. The minimum Gasteiger partial charge on any atom is -0.756 e. The molecule has 0 aliphatic rings. The summed E-state index contributed by atoms with van der Waals surface area (Å²) >= 11 is 0. The molecule has 3 atom stereocenters. The van der Waals surface area contributed by atoms with Crippen LogP contribution in [0.3, 0.4) is 0 Å². The fourth-order valence-corrected chi connectivity index (χ4v) is 6.94. The van der Waals surface area contributed by atoms with Gasteiger partial charge in [-0.2, -0.15) is 0 Å². The van der Waals surface area contributed by atoms with Crippen LogP contribution in [0.2, 0.25) is 0 Å². The van der Waals surface area contributed by atoms with Crippen molar-refractivity contribution in [2.75, 3.05) is 47.5 Å². The summed E-state index contributed by atoms with van der Waals surface area (Å²) in [6.45, 7) is 3.97. The van der Waals surface area contributed by atoms with Gasteiger partial charge in [0.1, 0.15) is 19.8 Å². The Bertz CT molecular complexity index is 1160. The van der Waals surface area contributed by atoms with Crippen molar-refractivity contribution in [2.45, 2.75) is 199 Å². The second kappa shape index (κ2) is 40.0. The van der Waals surface area contributed by atoms with Crippen LogP contribution in [0, 0.1) is 0 Å². The Hall–Kier alpha value is -2.07. The fraction of sp³-hybridized carbons (Fsp3) is 0.792. The maximum absolute atomic E-state index is 12.7. The topological polar surface area (TPSA) is 131 Å². The van der Waals surface area contributed by atoms with Gasteiger partial charge >= 0.3 is 11.9 Å². The monoisotopic (exact) mass is 854 g/mol. The summed E-state index contributed by atoms with van der Waals surface area (Å²) in [6.07, 6.45) is 43.2. The van der Waals surface area contributed by atoms with E-state index < -0.39 is 38.6 Å². The van der Waals surface area contributed by atoms with Crippen molar-refractivity contribution in [1.82, 2.24) is 0 Å². The summed E-state index contributed by atoms with van der Waals surface area (Å²) in [5.74, 6) is -0.890. The molecular formula is C48H88NO9P. The fourth-order valence-electron chi connectivity index (χ4n) is 6.21. The van der Waals surface area contributed by atoms with E-state index in [2.05, 4.69) is 32.1 Å². The van der Waals surface area contributed by atoms with Crippen molar-refractivity contribution in [3.63, 3.8) is 0 Å². The average Bonchev–Trinajstić information content (AvgIpc) is 3.18. The van der Waals surface area contributed by atoms with E-state index in [-0.39, 0.29) is 26.1 Å². The number of esters is 2. The zero-order valence-corrected chi connectivity index (χ0v) is 39.2. The largest absolute Gasteiger partial charge is 0.756 e. The number of allylic oxidation sites excluding steroid dienone is 6. The molecule has 59 heavy (non-hydrogen) atoms. The number of hydrogen-bond donors (Lipinski definition) is 1. The molecule has 0 saturated carbocycles. The third-order valence-electron chi connectivity index (χ3n) is 9.91. The van der Waals surface area contributed by atoms with Gasteiger partial charge in [0.15, 0.2) is 6.10 Å². The quantitative estimate of drug-likeness (QED) is 0.0159. The molecular weight excluding hydrogens is 765 g/mol. The highest BCUT2D eigenvalue weighted by Crippen LogP contribution is 2.38. The molecule has 0 bridgehead atoms. The Morgan fingerprint density at radius 1 is 0.627 bits per heavy atom. The van der Waals surface area contributed by atoms with E-state index in [1.165, 1.54) is 83.5 Å². The van der Waals surface area contributed by atoms with Crippen LogP contribution in [-0.2, 0) is 32.7 Å². The lowest BCUT2D eigenvalue weighted by atomic mass is 10.1. The zero-order chi connectivity index (χ0) is 43.7. The standard InChI is InChI=1S/C48H88NO9P/c1-6-8-10-11-12-13-14-15-16-17-18-19-20-21-22-25-29-32-36-40-48(52)58-46(44-57-59(53,54)56-42-41-49(3,4)5)43-55-47(51)39-35-31-28-26-23-24-27-30-34-38-45(50)37-33-9-7-2/h9,15-16,27,30,33-34,38,45-46,50H,6-8,10-14,17-26,28-29,31-32,35-37,39-44H2,1-5H3/b16-15-,30-27+,33-9+,38-34+/t45?,46-/m1/s1. The first kappa shape index (κ1) is 56.9. The van der Waals surface area contributed by atoms with E-state index in [4.69, 9.17) is 18.5 Å². The number of phosphoric acid groups is 1. The molecule has 0 aromatic heterocycles. The number of phosphoric ester groups is 1. The number of rotatable bonds is 42. The van der Waals surface area contributed by atoms with E-state index in [0.29, 0.717) is 30.3 Å².